The number of benzene rings is 1. The number of methoxy groups -OCH3 is 1. The van der Waals surface area contributed by atoms with E-state index in [0.717, 1.165) is 0 Å². The van der Waals surface area contributed by atoms with Gasteiger partial charge in [-0.1, -0.05) is 5.16 Å². The van der Waals surface area contributed by atoms with Gasteiger partial charge in [-0.2, -0.15) is 4.98 Å². The fraction of sp³-hybridized carbons (Fsp3) is 0.333. The zero-order valence-corrected chi connectivity index (χ0v) is 10.7. The Morgan fingerprint density at radius 1 is 1.47 bits per heavy atom. The van der Waals surface area contributed by atoms with Gasteiger partial charge < -0.3 is 20.3 Å². The third-order valence-corrected chi connectivity index (χ3v) is 2.56. The van der Waals surface area contributed by atoms with Crippen LogP contribution in [0.4, 0.5) is 15.8 Å². The molecule has 19 heavy (non-hydrogen) atoms. The van der Waals surface area contributed by atoms with E-state index in [2.05, 4.69) is 15.5 Å². The van der Waals surface area contributed by atoms with Gasteiger partial charge in [-0.15, -0.1) is 0 Å². The van der Waals surface area contributed by atoms with Gasteiger partial charge in [-0.3, -0.25) is 0 Å². The van der Waals surface area contributed by atoms with Crippen LogP contribution >= 0.6 is 0 Å². The number of nitrogen functional groups attached to an aromatic ring is 1. The van der Waals surface area contributed by atoms with Crippen molar-refractivity contribution in [1.82, 2.24) is 10.1 Å². The average Bonchev–Trinajstić information content (AvgIpc) is 2.78. The van der Waals surface area contributed by atoms with Crippen molar-refractivity contribution in [2.24, 2.45) is 0 Å². The molecule has 6 nitrogen and oxygen atoms in total. The minimum Gasteiger partial charge on any atom is -0.494 e. The maximum atomic E-state index is 13.4. The third-order valence-electron chi connectivity index (χ3n) is 2.56. The summed E-state index contributed by atoms with van der Waals surface area (Å²) in [6.45, 7) is 2.28. The predicted octanol–water partition coefficient (Wildman–Crippen LogP) is 1.76. The molecule has 0 bridgehead atoms. The van der Waals surface area contributed by atoms with E-state index in [1.165, 1.54) is 19.2 Å². The number of aromatic nitrogens is 2. The molecule has 0 aliphatic rings. The van der Waals surface area contributed by atoms with Gasteiger partial charge in [0.2, 0.25) is 5.89 Å². The van der Waals surface area contributed by atoms with Gasteiger partial charge in [-0.05, 0) is 0 Å². The summed E-state index contributed by atoms with van der Waals surface area (Å²) in [5.74, 6) is 0.794. The van der Waals surface area contributed by atoms with Crippen molar-refractivity contribution in [1.29, 1.82) is 0 Å². The lowest BCUT2D eigenvalue weighted by atomic mass is 10.2. The van der Waals surface area contributed by atoms with Gasteiger partial charge >= 0.3 is 0 Å². The van der Waals surface area contributed by atoms with Crippen LogP contribution < -0.4 is 15.8 Å². The first kappa shape index (κ1) is 13.1. The molecule has 2 rings (SSSR count). The third kappa shape index (κ3) is 3.12. The minimum absolute atomic E-state index is 0.145. The van der Waals surface area contributed by atoms with Gasteiger partial charge in [0.05, 0.1) is 18.5 Å². The molecule has 1 aromatic carbocycles. The molecule has 0 fully saturated rings. The number of nitrogens with zero attached hydrogens (tertiary/aromatic N) is 2. The molecule has 2 aromatic rings. The maximum absolute atomic E-state index is 13.4. The van der Waals surface area contributed by atoms with Gasteiger partial charge in [0.1, 0.15) is 0 Å². The molecular weight excluding hydrogens is 251 g/mol. The van der Waals surface area contributed by atoms with E-state index < -0.39 is 5.82 Å². The molecule has 0 radical (unpaired) electrons. The van der Waals surface area contributed by atoms with Crippen LogP contribution in [-0.4, -0.2) is 23.8 Å². The minimum atomic E-state index is -0.487. The van der Waals surface area contributed by atoms with Crippen molar-refractivity contribution >= 4 is 11.4 Å². The summed E-state index contributed by atoms with van der Waals surface area (Å²) in [5.41, 5.74) is 6.65. The molecule has 0 saturated heterocycles. The van der Waals surface area contributed by atoms with Crippen molar-refractivity contribution < 1.29 is 13.7 Å². The number of hydrogen-bond acceptors (Lipinski definition) is 6. The normalized spacial score (nSPS) is 10.5. The quantitative estimate of drug-likeness (QED) is 0.802. The topological polar surface area (TPSA) is 86.2 Å². The van der Waals surface area contributed by atoms with E-state index in [1.807, 2.05) is 0 Å². The van der Waals surface area contributed by atoms with Gasteiger partial charge in [0.15, 0.2) is 17.4 Å². The van der Waals surface area contributed by atoms with Crippen molar-refractivity contribution in [3.8, 4) is 5.75 Å². The first-order valence-corrected chi connectivity index (χ1v) is 5.76. The first-order valence-electron chi connectivity index (χ1n) is 5.76. The molecule has 102 valence electrons. The summed E-state index contributed by atoms with van der Waals surface area (Å²) in [5, 5.41) is 6.85. The van der Waals surface area contributed by atoms with Crippen LogP contribution in [0.15, 0.2) is 16.7 Å². The van der Waals surface area contributed by atoms with E-state index in [-0.39, 0.29) is 5.75 Å². The Hall–Kier alpha value is -2.31. The van der Waals surface area contributed by atoms with Crippen molar-refractivity contribution in [2.75, 3.05) is 24.7 Å². The first-order chi connectivity index (χ1) is 9.10. The number of hydrogen-bond donors (Lipinski definition) is 2. The van der Waals surface area contributed by atoms with Crippen LogP contribution in [0.2, 0.25) is 0 Å². The van der Waals surface area contributed by atoms with Crippen LogP contribution in [0.25, 0.3) is 0 Å². The lowest BCUT2D eigenvalue weighted by molar-refractivity contribution is 0.387. The highest BCUT2D eigenvalue weighted by Crippen LogP contribution is 2.27. The van der Waals surface area contributed by atoms with Gasteiger partial charge in [0, 0.05) is 32.0 Å². The highest BCUT2D eigenvalue weighted by atomic mass is 19.1. The number of rotatable bonds is 5. The molecule has 0 aliphatic carbocycles. The van der Waals surface area contributed by atoms with Crippen LogP contribution in [-0.2, 0) is 6.42 Å². The van der Waals surface area contributed by atoms with E-state index in [1.54, 1.807) is 6.92 Å². The van der Waals surface area contributed by atoms with Crippen molar-refractivity contribution in [2.45, 2.75) is 13.3 Å². The Morgan fingerprint density at radius 3 is 2.89 bits per heavy atom. The number of ether oxygens (including phenoxy) is 1. The number of halogens is 1. The second kappa shape index (κ2) is 5.55. The molecule has 1 aromatic heterocycles. The smallest absolute Gasteiger partial charge is 0.223 e. The molecule has 0 unspecified atom stereocenters. The summed E-state index contributed by atoms with van der Waals surface area (Å²) in [6.07, 6.45) is 0.580. The standard InChI is InChI=1S/C12H15FN4O2/c1-7-16-12(17-19-7)3-4-15-10-6-11(18-2)8(13)5-9(10)14/h5-6,15H,3-4,14H2,1-2H3. The Kier molecular flexibility index (Phi) is 3.84. The number of anilines is 2. The summed E-state index contributed by atoms with van der Waals surface area (Å²) in [6, 6.07) is 2.74. The van der Waals surface area contributed by atoms with E-state index in [4.69, 9.17) is 15.0 Å². The monoisotopic (exact) mass is 266 g/mol. The summed E-state index contributed by atoms with van der Waals surface area (Å²) in [7, 11) is 1.40. The summed E-state index contributed by atoms with van der Waals surface area (Å²) in [4.78, 5) is 4.08. The zero-order valence-electron chi connectivity index (χ0n) is 10.7. The van der Waals surface area contributed by atoms with E-state index in [9.17, 15) is 4.39 Å². The maximum Gasteiger partial charge on any atom is 0.223 e. The SMILES string of the molecule is COc1cc(NCCc2noc(C)n2)c(N)cc1F. The molecule has 3 N–H and O–H groups in total. The van der Waals surface area contributed by atoms with Crippen LogP contribution in [0.5, 0.6) is 5.75 Å². The van der Waals surface area contributed by atoms with Crippen LogP contribution in [0, 0.1) is 12.7 Å². The zero-order chi connectivity index (χ0) is 13.8. The number of aryl methyl sites for hydroxylation is 1. The summed E-state index contributed by atoms with van der Waals surface area (Å²) >= 11 is 0. The lowest BCUT2D eigenvalue weighted by Gasteiger charge is -2.11. The number of nitrogens with one attached hydrogen (secondary N) is 1. The van der Waals surface area contributed by atoms with Gasteiger partial charge in [0.25, 0.3) is 0 Å². The fourth-order valence-corrected chi connectivity index (χ4v) is 1.63. The second-order valence-corrected chi connectivity index (χ2v) is 3.98. The number of nitrogens with two attached hydrogens (primary N) is 1. The highest BCUT2D eigenvalue weighted by molar-refractivity contribution is 5.68. The van der Waals surface area contributed by atoms with Crippen molar-refractivity contribution in [3.63, 3.8) is 0 Å². The Balaban J connectivity index is 1.99. The van der Waals surface area contributed by atoms with Crippen LogP contribution in [0.3, 0.4) is 0 Å². The molecule has 0 atom stereocenters. The molecule has 0 amide bonds. The average molecular weight is 266 g/mol. The fourth-order valence-electron chi connectivity index (χ4n) is 1.63. The summed E-state index contributed by atoms with van der Waals surface area (Å²) < 4.78 is 23.1. The van der Waals surface area contributed by atoms with Crippen molar-refractivity contribution in [3.05, 3.63) is 29.7 Å². The van der Waals surface area contributed by atoms with Gasteiger partial charge in [-0.25, -0.2) is 4.39 Å². The second-order valence-electron chi connectivity index (χ2n) is 3.98. The Bertz CT molecular complexity index is 571. The molecular formula is C12H15FN4O2. The van der Waals surface area contributed by atoms with Crippen LogP contribution in [0.1, 0.15) is 11.7 Å². The Labute approximate surface area is 109 Å². The molecule has 1 heterocycles. The molecule has 0 saturated carbocycles. The lowest BCUT2D eigenvalue weighted by Crippen LogP contribution is -2.08. The molecule has 7 heteroatoms. The predicted molar refractivity (Wildman–Crippen MR) is 68.6 cm³/mol. The molecule has 0 spiro atoms. The highest BCUT2D eigenvalue weighted by Gasteiger charge is 2.08. The van der Waals surface area contributed by atoms with E-state index in [0.29, 0.717) is 36.1 Å². The largest absolute Gasteiger partial charge is 0.494 e. The molecule has 0 aliphatic heterocycles. The Morgan fingerprint density at radius 2 is 2.26 bits per heavy atom. The van der Waals surface area contributed by atoms with E-state index >= 15 is 0 Å².